The molecule has 0 aliphatic heterocycles. The van der Waals surface area contributed by atoms with Crippen molar-refractivity contribution in [1.82, 2.24) is 9.88 Å². The molecule has 1 amide bonds. The molecule has 0 fully saturated rings. The summed E-state index contributed by atoms with van der Waals surface area (Å²) in [5, 5.41) is 1.03. The van der Waals surface area contributed by atoms with E-state index in [1.807, 2.05) is 24.4 Å². The van der Waals surface area contributed by atoms with Crippen molar-refractivity contribution < 1.29 is 4.79 Å². The summed E-state index contributed by atoms with van der Waals surface area (Å²) in [6.07, 6.45) is 47.0. The average molecular weight is 719 g/mol. The average Bonchev–Trinajstić information content (AvgIpc) is 3.12. The fourth-order valence-electron chi connectivity index (χ4n) is 6.85. The Morgan fingerprint density at radius 2 is 0.857 bits per heavy atom. The summed E-state index contributed by atoms with van der Waals surface area (Å²) >= 11 is 0. The Morgan fingerprint density at radius 3 is 1.18 bits per heavy atom. The molecule has 286 valence electrons. The van der Waals surface area contributed by atoms with Gasteiger partial charge in [-0.2, -0.15) is 0 Å². The van der Waals surface area contributed by atoms with Crippen molar-refractivity contribution in [3.05, 3.63) is 24.4 Å². The molecule has 0 aliphatic carbocycles. The molecule has 1 aromatic heterocycles. The maximum Gasteiger partial charge on any atom is 0.223 e. The highest BCUT2D eigenvalue weighted by Gasteiger charge is 2.13. The molecule has 1 aromatic rings. The van der Waals surface area contributed by atoms with Crippen LogP contribution in [0.15, 0.2) is 29.4 Å². The van der Waals surface area contributed by atoms with Gasteiger partial charge in [-0.1, -0.05) is 223 Å². The largest absolute Gasteiger partial charge is 0.343 e. The maximum atomic E-state index is 13.2. The quantitative estimate of drug-likeness (QED) is 0.0501. The number of rotatable bonds is 39. The highest BCUT2D eigenvalue weighted by atomic mass is 33.1. The van der Waals surface area contributed by atoms with Crippen LogP contribution in [0.25, 0.3) is 0 Å². The number of pyridine rings is 1. The molecule has 0 saturated heterocycles. The number of unbranched alkanes of at least 4 members (excludes halogenated alkanes) is 30. The lowest BCUT2D eigenvalue weighted by Gasteiger charge is -2.23. The van der Waals surface area contributed by atoms with Crippen molar-refractivity contribution in [2.45, 2.75) is 231 Å². The van der Waals surface area contributed by atoms with Gasteiger partial charge in [0.25, 0.3) is 0 Å². The molecule has 0 radical (unpaired) electrons. The number of nitrogens with zero attached hydrogens (tertiary/aromatic N) is 2. The van der Waals surface area contributed by atoms with Gasteiger partial charge < -0.3 is 4.90 Å². The Hall–Kier alpha value is -0.680. The minimum atomic E-state index is 0.357. The van der Waals surface area contributed by atoms with Crippen LogP contribution >= 0.6 is 21.6 Å². The van der Waals surface area contributed by atoms with Crippen LogP contribution in [0.2, 0.25) is 0 Å². The van der Waals surface area contributed by atoms with E-state index >= 15 is 0 Å². The van der Waals surface area contributed by atoms with Crippen molar-refractivity contribution in [2.75, 3.05) is 18.8 Å². The van der Waals surface area contributed by atoms with Crippen molar-refractivity contribution >= 4 is 27.5 Å². The number of hydrogen-bond acceptors (Lipinski definition) is 4. The molecule has 49 heavy (non-hydrogen) atoms. The van der Waals surface area contributed by atoms with E-state index in [0.717, 1.165) is 23.9 Å². The van der Waals surface area contributed by atoms with E-state index in [1.54, 1.807) is 21.6 Å². The molecule has 0 aliphatic rings. The molecule has 0 spiro atoms. The Bertz CT molecular complexity index is 756. The van der Waals surface area contributed by atoms with E-state index in [1.165, 1.54) is 205 Å². The maximum absolute atomic E-state index is 13.2. The van der Waals surface area contributed by atoms with Crippen molar-refractivity contribution in [3.63, 3.8) is 0 Å². The van der Waals surface area contributed by atoms with Gasteiger partial charge in [0.05, 0.1) is 0 Å². The Kier molecular flexibility index (Phi) is 36.5. The van der Waals surface area contributed by atoms with E-state index in [0.29, 0.717) is 12.3 Å². The third-order valence-corrected chi connectivity index (χ3v) is 12.4. The Balaban J connectivity index is 2.12. The molecule has 0 saturated carbocycles. The topological polar surface area (TPSA) is 33.2 Å². The lowest BCUT2D eigenvalue weighted by atomic mass is 10.0. The molecule has 1 heterocycles. The van der Waals surface area contributed by atoms with Crippen LogP contribution in [0.1, 0.15) is 226 Å². The lowest BCUT2D eigenvalue weighted by molar-refractivity contribution is -0.130. The van der Waals surface area contributed by atoms with Crippen molar-refractivity contribution in [3.8, 4) is 0 Å². The molecule has 0 N–H and O–H groups in total. The van der Waals surface area contributed by atoms with Gasteiger partial charge in [0.2, 0.25) is 5.91 Å². The van der Waals surface area contributed by atoms with Crippen LogP contribution in [0.5, 0.6) is 0 Å². The van der Waals surface area contributed by atoms with E-state index in [2.05, 4.69) is 23.7 Å². The van der Waals surface area contributed by atoms with E-state index in [9.17, 15) is 4.79 Å². The van der Waals surface area contributed by atoms with Crippen LogP contribution < -0.4 is 0 Å². The minimum Gasteiger partial charge on any atom is -0.343 e. The van der Waals surface area contributed by atoms with Crippen molar-refractivity contribution in [1.29, 1.82) is 0 Å². The smallest absolute Gasteiger partial charge is 0.223 e. The summed E-state index contributed by atoms with van der Waals surface area (Å²) in [4.78, 5) is 19.8. The van der Waals surface area contributed by atoms with E-state index < -0.39 is 0 Å². The molecule has 5 heteroatoms. The normalized spacial score (nSPS) is 11.4. The standard InChI is InChI=1S/C44H82N2OS2/c1-3-5-7-9-11-13-15-17-19-21-23-25-27-29-31-35-40-46(44(47)38-42-48-49-43-37-33-34-39-45-43)41-36-32-30-28-26-24-22-20-18-16-14-12-10-8-6-4-2/h33-34,37,39H,3-32,35-36,38,40-42H2,1-2H3. The first-order valence-electron chi connectivity index (χ1n) is 21.8. The Labute approximate surface area is 314 Å². The van der Waals surface area contributed by atoms with Gasteiger partial charge in [0.1, 0.15) is 5.03 Å². The SMILES string of the molecule is CCCCCCCCCCCCCCCCCCN(CCCCCCCCCCCCCCCCCC)C(=O)CCSSc1ccccn1. The van der Waals surface area contributed by atoms with Crippen LogP contribution in [-0.4, -0.2) is 34.6 Å². The first-order chi connectivity index (χ1) is 24.3. The number of amides is 1. The van der Waals surface area contributed by atoms with Crippen LogP contribution in [0, 0.1) is 0 Å². The summed E-state index contributed by atoms with van der Waals surface area (Å²) < 4.78 is 0. The van der Waals surface area contributed by atoms with Crippen LogP contribution in [0.4, 0.5) is 0 Å². The fraction of sp³-hybridized carbons (Fsp3) is 0.864. The van der Waals surface area contributed by atoms with Gasteiger partial charge in [-0.05, 0) is 35.8 Å². The number of aromatic nitrogens is 1. The van der Waals surface area contributed by atoms with Gasteiger partial charge in [0, 0.05) is 31.5 Å². The zero-order valence-corrected chi connectivity index (χ0v) is 34.5. The number of carbonyl (C=O) groups is 1. The summed E-state index contributed by atoms with van der Waals surface area (Å²) in [7, 11) is 3.45. The van der Waals surface area contributed by atoms with Crippen LogP contribution in [-0.2, 0) is 4.79 Å². The summed E-state index contributed by atoms with van der Waals surface area (Å²) in [6.45, 7) is 6.50. The molecule has 0 aromatic carbocycles. The zero-order chi connectivity index (χ0) is 35.1. The van der Waals surface area contributed by atoms with Gasteiger partial charge in [-0.15, -0.1) is 0 Å². The third-order valence-electron chi connectivity index (χ3n) is 10.1. The molecule has 0 unspecified atom stereocenters. The second kappa shape index (κ2) is 38.5. The summed E-state index contributed by atoms with van der Waals surface area (Å²) in [5.41, 5.74) is 0. The summed E-state index contributed by atoms with van der Waals surface area (Å²) in [5.74, 6) is 1.21. The highest BCUT2D eigenvalue weighted by Crippen LogP contribution is 2.29. The van der Waals surface area contributed by atoms with E-state index in [4.69, 9.17) is 0 Å². The summed E-state index contributed by atoms with van der Waals surface area (Å²) in [6, 6.07) is 6.02. The molecular weight excluding hydrogens is 637 g/mol. The monoisotopic (exact) mass is 719 g/mol. The molecule has 0 atom stereocenters. The lowest BCUT2D eigenvalue weighted by Crippen LogP contribution is -2.33. The van der Waals surface area contributed by atoms with Crippen molar-refractivity contribution in [2.24, 2.45) is 0 Å². The van der Waals surface area contributed by atoms with E-state index in [-0.39, 0.29) is 0 Å². The fourth-order valence-corrected chi connectivity index (χ4v) is 8.71. The first kappa shape index (κ1) is 46.3. The minimum absolute atomic E-state index is 0.357. The van der Waals surface area contributed by atoms with Gasteiger partial charge in [-0.3, -0.25) is 4.79 Å². The van der Waals surface area contributed by atoms with Gasteiger partial charge in [-0.25, -0.2) is 4.98 Å². The zero-order valence-electron chi connectivity index (χ0n) is 32.9. The number of hydrogen-bond donors (Lipinski definition) is 0. The second-order valence-corrected chi connectivity index (χ2v) is 17.2. The van der Waals surface area contributed by atoms with Gasteiger partial charge in [0.15, 0.2) is 0 Å². The molecule has 0 bridgehead atoms. The van der Waals surface area contributed by atoms with Crippen LogP contribution in [0.3, 0.4) is 0 Å². The van der Waals surface area contributed by atoms with Gasteiger partial charge >= 0.3 is 0 Å². The predicted molar refractivity (Wildman–Crippen MR) is 223 cm³/mol. The predicted octanol–water partition coefficient (Wildman–Crippen LogP) is 15.6. The molecule has 1 rings (SSSR count). The highest BCUT2D eigenvalue weighted by molar-refractivity contribution is 8.76. The molecular formula is C44H82N2OS2. The number of carbonyl (C=O) groups excluding carboxylic acids is 1. The second-order valence-electron chi connectivity index (χ2n) is 14.8. The third kappa shape index (κ3) is 32.9. The first-order valence-corrected chi connectivity index (χ1v) is 24.1. The molecule has 3 nitrogen and oxygen atoms in total. The Morgan fingerprint density at radius 1 is 0.510 bits per heavy atom.